The highest BCUT2D eigenvalue weighted by atomic mass is 32.2. The summed E-state index contributed by atoms with van der Waals surface area (Å²) in [5, 5.41) is 7.96. The molecular weight excluding hydrogens is 448 g/mol. The van der Waals surface area contributed by atoms with Crippen LogP contribution in [0.15, 0.2) is 68.5 Å². The van der Waals surface area contributed by atoms with Crippen molar-refractivity contribution >= 4 is 32.5 Å². The second-order valence-electron chi connectivity index (χ2n) is 6.81. The van der Waals surface area contributed by atoms with Gasteiger partial charge in [-0.05, 0) is 35.4 Å². The maximum absolute atomic E-state index is 12.7. The molecule has 10 heteroatoms. The normalized spacial score (nSPS) is 13.1. The first-order valence-electron chi connectivity index (χ1n) is 10.5. The van der Waals surface area contributed by atoms with Crippen LogP contribution in [0.1, 0.15) is 38.8 Å². The fourth-order valence-electron chi connectivity index (χ4n) is 3.14. The molecule has 2 aromatic carbocycles. The van der Waals surface area contributed by atoms with Gasteiger partial charge in [-0.25, -0.2) is 16.8 Å². The lowest BCUT2D eigenvalue weighted by atomic mass is 10.2. The van der Waals surface area contributed by atoms with Crippen LogP contribution in [0.2, 0.25) is 0 Å². The minimum absolute atomic E-state index is 0.198. The quantitative estimate of drug-likeness (QED) is 0.366. The molecule has 0 saturated heterocycles. The van der Waals surface area contributed by atoms with Crippen molar-refractivity contribution < 1.29 is 16.8 Å². The summed E-state index contributed by atoms with van der Waals surface area (Å²) in [6, 6.07) is 13.0. The number of hydrogen-bond donors (Lipinski definition) is 0. The third-order valence-corrected chi connectivity index (χ3v) is 8.97. The van der Waals surface area contributed by atoms with E-state index in [9.17, 15) is 16.8 Å². The Kier molecular flexibility index (Phi) is 9.26. The molecule has 0 aliphatic rings. The Balaban J connectivity index is 2.20. The highest BCUT2D eigenvalue weighted by molar-refractivity contribution is 7.89. The zero-order valence-electron chi connectivity index (χ0n) is 18.8. The van der Waals surface area contributed by atoms with Crippen molar-refractivity contribution in [2.75, 3.05) is 26.2 Å². The Morgan fingerprint density at radius 2 is 1.00 bits per heavy atom. The van der Waals surface area contributed by atoms with Crippen molar-refractivity contribution in [1.82, 2.24) is 8.61 Å². The highest BCUT2D eigenvalue weighted by Gasteiger charge is 2.22. The van der Waals surface area contributed by atoms with Crippen LogP contribution < -0.4 is 0 Å². The van der Waals surface area contributed by atoms with Gasteiger partial charge in [0.15, 0.2) is 0 Å². The predicted molar refractivity (Wildman–Crippen MR) is 128 cm³/mol. The predicted octanol–water partition coefficient (Wildman–Crippen LogP) is 3.20. The highest BCUT2D eigenvalue weighted by Crippen LogP contribution is 2.17. The van der Waals surface area contributed by atoms with Gasteiger partial charge in [-0.1, -0.05) is 52.0 Å². The van der Waals surface area contributed by atoms with Crippen molar-refractivity contribution in [3.05, 3.63) is 59.7 Å². The van der Waals surface area contributed by atoms with Crippen LogP contribution in [0.5, 0.6) is 0 Å². The summed E-state index contributed by atoms with van der Waals surface area (Å²) in [6.07, 6.45) is 2.91. The Morgan fingerprint density at radius 1 is 0.656 bits per heavy atom. The molecule has 0 atom stereocenters. The van der Waals surface area contributed by atoms with Gasteiger partial charge in [0.1, 0.15) is 0 Å². The van der Waals surface area contributed by atoms with Crippen molar-refractivity contribution in [3.63, 3.8) is 0 Å². The molecule has 0 N–H and O–H groups in total. The van der Waals surface area contributed by atoms with E-state index in [1.807, 2.05) is 0 Å². The Labute approximate surface area is 191 Å². The third-order valence-electron chi connectivity index (χ3n) is 4.88. The summed E-state index contributed by atoms with van der Waals surface area (Å²) >= 11 is 0. The van der Waals surface area contributed by atoms with Gasteiger partial charge >= 0.3 is 0 Å². The van der Waals surface area contributed by atoms with Gasteiger partial charge in [0.05, 0.1) is 22.2 Å². The summed E-state index contributed by atoms with van der Waals surface area (Å²) in [5.41, 5.74) is 1.18. The molecule has 0 radical (unpaired) electrons. The minimum atomic E-state index is -3.56. The molecular formula is C22H30N4O4S2. The first-order valence-corrected chi connectivity index (χ1v) is 13.4. The molecule has 0 bridgehead atoms. The molecule has 0 unspecified atom stereocenters. The van der Waals surface area contributed by atoms with Crippen LogP contribution in [0.25, 0.3) is 0 Å². The third kappa shape index (κ3) is 6.10. The Hall–Kier alpha value is -2.40. The van der Waals surface area contributed by atoms with E-state index in [0.29, 0.717) is 37.3 Å². The molecule has 2 aromatic rings. The SMILES string of the molecule is CCN(CC)S(=O)(=O)c1cccc(C=NN=Cc2cccc(S(=O)(=O)N(CC)CC)c2)c1. The molecule has 0 heterocycles. The van der Waals surface area contributed by atoms with Gasteiger partial charge in [0, 0.05) is 26.2 Å². The molecule has 174 valence electrons. The van der Waals surface area contributed by atoms with E-state index in [2.05, 4.69) is 10.2 Å². The van der Waals surface area contributed by atoms with Gasteiger partial charge in [-0.2, -0.15) is 18.8 Å². The maximum Gasteiger partial charge on any atom is 0.243 e. The maximum atomic E-state index is 12.7. The minimum Gasteiger partial charge on any atom is -0.207 e. The van der Waals surface area contributed by atoms with Crippen molar-refractivity contribution in [3.8, 4) is 0 Å². The second kappa shape index (κ2) is 11.5. The molecule has 0 aromatic heterocycles. The monoisotopic (exact) mass is 478 g/mol. The number of sulfonamides is 2. The number of nitrogens with zero attached hydrogens (tertiary/aromatic N) is 4. The largest absolute Gasteiger partial charge is 0.243 e. The van der Waals surface area contributed by atoms with Crippen molar-refractivity contribution in [1.29, 1.82) is 0 Å². The second-order valence-corrected chi connectivity index (χ2v) is 10.7. The van der Waals surface area contributed by atoms with Crippen LogP contribution >= 0.6 is 0 Å². The lowest BCUT2D eigenvalue weighted by Crippen LogP contribution is -2.30. The average molecular weight is 479 g/mol. The van der Waals surface area contributed by atoms with E-state index in [4.69, 9.17) is 0 Å². The molecule has 8 nitrogen and oxygen atoms in total. The van der Waals surface area contributed by atoms with E-state index in [1.54, 1.807) is 76.2 Å². The van der Waals surface area contributed by atoms with Crippen molar-refractivity contribution in [2.45, 2.75) is 37.5 Å². The van der Waals surface area contributed by atoms with Crippen molar-refractivity contribution in [2.24, 2.45) is 10.2 Å². The fourth-order valence-corrected chi connectivity index (χ4v) is 6.16. The zero-order chi connectivity index (χ0) is 23.8. The summed E-state index contributed by atoms with van der Waals surface area (Å²) in [7, 11) is -7.11. The Bertz CT molecular complexity index is 1070. The van der Waals surface area contributed by atoms with Gasteiger partial charge in [0.2, 0.25) is 20.0 Å². The van der Waals surface area contributed by atoms with Crippen LogP contribution in [0, 0.1) is 0 Å². The smallest absolute Gasteiger partial charge is 0.207 e. The zero-order valence-corrected chi connectivity index (χ0v) is 20.5. The Morgan fingerprint density at radius 3 is 1.31 bits per heavy atom. The summed E-state index contributed by atoms with van der Waals surface area (Å²) in [5.74, 6) is 0. The van der Waals surface area contributed by atoms with Crippen LogP contribution in [-0.4, -0.2) is 64.1 Å². The molecule has 0 saturated carbocycles. The van der Waals surface area contributed by atoms with Gasteiger partial charge < -0.3 is 0 Å². The molecule has 0 fully saturated rings. The van der Waals surface area contributed by atoms with Crippen LogP contribution in [0.4, 0.5) is 0 Å². The van der Waals surface area contributed by atoms with Crippen LogP contribution in [-0.2, 0) is 20.0 Å². The van der Waals surface area contributed by atoms with Gasteiger partial charge in [-0.15, -0.1) is 0 Å². The molecule has 0 spiro atoms. The molecule has 0 aliphatic heterocycles. The summed E-state index contributed by atoms with van der Waals surface area (Å²) < 4.78 is 53.4. The van der Waals surface area contributed by atoms with Gasteiger partial charge in [0.25, 0.3) is 0 Å². The van der Waals surface area contributed by atoms with E-state index >= 15 is 0 Å². The standard InChI is InChI=1S/C22H30N4O4S2/c1-5-25(6-2)31(27,28)21-13-9-11-19(15-21)17-23-24-18-20-12-10-14-22(16-20)32(29,30)26(7-3)8-4/h9-18H,5-8H2,1-4H3. The first-order chi connectivity index (χ1) is 15.2. The number of benzene rings is 2. The first kappa shape index (κ1) is 25.9. The summed E-state index contributed by atoms with van der Waals surface area (Å²) in [4.78, 5) is 0.395. The van der Waals surface area contributed by atoms with Gasteiger partial charge in [-0.3, -0.25) is 0 Å². The van der Waals surface area contributed by atoms with E-state index in [0.717, 1.165) is 0 Å². The molecule has 2 rings (SSSR count). The lowest BCUT2D eigenvalue weighted by Gasteiger charge is -2.18. The fraction of sp³-hybridized carbons (Fsp3) is 0.364. The molecule has 0 amide bonds. The van der Waals surface area contributed by atoms with E-state index < -0.39 is 20.0 Å². The molecule has 32 heavy (non-hydrogen) atoms. The number of rotatable bonds is 11. The van der Waals surface area contributed by atoms with E-state index in [-0.39, 0.29) is 9.79 Å². The van der Waals surface area contributed by atoms with Crippen LogP contribution in [0.3, 0.4) is 0 Å². The number of hydrogen-bond acceptors (Lipinski definition) is 6. The average Bonchev–Trinajstić information content (AvgIpc) is 2.78. The summed E-state index contributed by atoms with van der Waals surface area (Å²) in [6.45, 7) is 8.75. The molecule has 0 aliphatic carbocycles. The topological polar surface area (TPSA) is 99.5 Å². The lowest BCUT2D eigenvalue weighted by molar-refractivity contribution is 0.444. The van der Waals surface area contributed by atoms with E-state index in [1.165, 1.54) is 21.0 Å².